The van der Waals surface area contributed by atoms with Gasteiger partial charge in [-0.15, -0.1) is 0 Å². The molecule has 3 N–H and O–H groups in total. The maximum atomic E-state index is 9.24. The van der Waals surface area contributed by atoms with Gasteiger partial charge in [-0.25, -0.2) is 0 Å². The Morgan fingerprint density at radius 2 is 1.40 bits per heavy atom. The number of thiol groups is 2. The van der Waals surface area contributed by atoms with Crippen LogP contribution in [0.2, 0.25) is 0 Å². The van der Waals surface area contributed by atoms with Crippen LogP contribution in [0, 0.1) is 0 Å². The normalized spacial score (nSPS) is 9.27. The molecule has 0 heterocycles. The Balaban J connectivity index is 0. The maximum absolute atomic E-state index is 9.24. The van der Waals surface area contributed by atoms with Crippen LogP contribution in [0.3, 0.4) is 0 Å². The van der Waals surface area contributed by atoms with E-state index in [-0.39, 0.29) is 6.54 Å². The highest BCUT2D eigenvalue weighted by Crippen LogP contribution is 1.81. The van der Waals surface area contributed by atoms with Crippen LogP contribution in [0.5, 0.6) is 0 Å². The fourth-order valence-electron chi connectivity index (χ4n) is 0.451. The predicted octanol–water partition coefficient (Wildman–Crippen LogP) is -0.0911. The average molecular weight is 257 g/mol. The highest BCUT2D eigenvalue weighted by molar-refractivity contribution is 7.80. The second kappa shape index (κ2) is 16.5. The van der Waals surface area contributed by atoms with Crippen molar-refractivity contribution in [2.24, 2.45) is 5.73 Å². The van der Waals surface area contributed by atoms with Crippen molar-refractivity contribution >= 4 is 31.2 Å². The summed E-state index contributed by atoms with van der Waals surface area (Å²) >= 11 is 7.97. The summed E-state index contributed by atoms with van der Waals surface area (Å²) in [5, 5.41) is 7.60. The molecule has 0 fully saturated rings. The Bertz CT molecular complexity index is 130. The number of nitrogens with two attached hydrogens (primary N) is 1. The lowest BCUT2D eigenvalue weighted by atomic mass is 10.7. The van der Waals surface area contributed by atoms with Crippen LogP contribution in [0.25, 0.3) is 0 Å². The van der Waals surface area contributed by atoms with Gasteiger partial charge < -0.3 is 20.3 Å². The van der Waals surface area contributed by atoms with E-state index in [1.165, 1.54) is 0 Å². The zero-order chi connectivity index (χ0) is 11.9. The third-order valence-electron chi connectivity index (χ3n) is 1.02. The molecule has 0 saturated heterocycles. The van der Waals surface area contributed by atoms with Crippen molar-refractivity contribution in [2.75, 3.05) is 44.5 Å². The smallest absolute Gasteiger partial charge is 0.317 e. The van der Waals surface area contributed by atoms with Gasteiger partial charge in [0.2, 0.25) is 0 Å². The van der Waals surface area contributed by atoms with Crippen LogP contribution in [0.4, 0.5) is 0 Å². The van der Waals surface area contributed by atoms with Crippen molar-refractivity contribution in [3.05, 3.63) is 0 Å². The zero-order valence-corrected chi connectivity index (χ0v) is 10.4. The number of aliphatic carboxylic acids is 1. The molecule has 5 nitrogen and oxygen atoms in total. The van der Waals surface area contributed by atoms with E-state index in [1.807, 2.05) is 0 Å². The van der Waals surface area contributed by atoms with Crippen LogP contribution in [-0.2, 0) is 14.3 Å². The summed E-state index contributed by atoms with van der Waals surface area (Å²) in [7, 11) is 0. The Kier molecular flexibility index (Phi) is 19.2. The number of carboxylic acids is 1. The standard InChI is InChI=1S/C6H14O2S2.C2H5NO2/c9-5-3-7-1-2-8-4-6-10;3-1-2(4)5/h9-10H,1-6H2;1,3H2,(H,4,5). The number of carboxylic acid groups (broad SMARTS) is 1. The van der Waals surface area contributed by atoms with Crippen molar-refractivity contribution in [1.82, 2.24) is 0 Å². The molecular weight excluding hydrogens is 238 g/mol. The van der Waals surface area contributed by atoms with E-state index in [4.69, 9.17) is 14.6 Å². The molecule has 0 aromatic rings. The first-order valence-corrected chi connectivity index (χ1v) is 5.74. The summed E-state index contributed by atoms with van der Waals surface area (Å²) in [5.41, 5.74) is 4.57. The molecule has 0 rings (SSSR count). The summed E-state index contributed by atoms with van der Waals surface area (Å²) in [6, 6.07) is 0. The fraction of sp³-hybridized carbons (Fsp3) is 0.875. The van der Waals surface area contributed by atoms with Gasteiger partial charge in [0.05, 0.1) is 33.0 Å². The zero-order valence-electron chi connectivity index (χ0n) is 8.59. The molecule has 0 bridgehead atoms. The van der Waals surface area contributed by atoms with Crippen LogP contribution in [0.1, 0.15) is 0 Å². The van der Waals surface area contributed by atoms with Gasteiger partial charge in [-0.3, -0.25) is 4.79 Å². The molecular formula is C8H19NO4S2. The second-order valence-electron chi connectivity index (χ2n) is 2.27. The highest BCUT2D eigenvalue weighted by atomic mass is 32.1. The molecule has 0 aliphatic rings. The third kappa shape index (κ3) is 24.9. The van der Waals surface area contributed by atoms with Crippen LogP contribution in [-0.4, -0.2) is 55.6 Å². The molecule has 0 aliphatic carbocycles. The number of hydrogen-bond donors (Lipinski definition) is 4. The highest BCUT2D eigenvalue weighted by Gasteiger charge is 1.86. The first kappa shape index (κ1) is 17.4. The van der Waals surface area contributed by atoms with Crippen molar-refractivity contribution in [2.45, 2.75) is 0 Å². The molecule has 0 aliphatic heterocycles. The summed E-state index contributed by atoms with van der Waals surface area (Å²) in [4.78, 5) is 9.24. The Morgan fingerprint density at radius 3 is 1.60 bits per heavy atom. The van der Waals surface area contributed by atoms with Gasteiger partial charge in [-0.1, -0.05) is 0 Å². The van der Waals surface area contributed by atoms with Gasteiger partial charge in [0, 0.05) is 11.5 Å². The fourth-order valence-corrected chi connectivity index (χ4v) is 0.709. The number of ether oxygens (including phenoxy) is 2. The van der Waals surface area contributed by atoms with Gasteiger partial charge in [-0.2, -0.15) is 25.3 Å². The molecule has 0 unspecified atom stereocenters. The molecule has 0 aromatic heterocycles. The van der Waals surface area contributed by atoms with Gasteiger partial charge in [0.25, 0.3) is 0 Å². The van der Waals surface area contributed by atoms with Crippen LogP contribution in [0.15, 0.2) is 0 Å². The molecule has 0 spiro atoms. The van der Waals surface area contributed by atoms with E-state index in [9.17, 15) is 4.79 Å². The molecule has 0 amide bonds. The molecule has 0 aromatic carbocycles. The van der Waals surface area contributed by atoms with Gasteiger partial charge in [0.15, 0.2) is 0 Å². The van der Waals surface area contributed by atoms with Crippen molar-refractivity contribution in [1.29, 1.82) is 0 Å². The van der Waals surface area contributed by atoms with Gasteiger partial charge in [-0.05, 0) is 0 Å². The van der Waals surface area contributed by atoms with Gasteiger partial charge in [0.1, 0.15) is 0 Å². The molecule has 0 saturated carbocycles. The Labute approximate surface area is 101 Å². The first-order chi connectivity index (χ1) is 7.18. The summed E-state index contributed by atoms with van der Waals surface area (Å²) < 4.78 is 10.2. The predicted molar refractivity (Wildman–Crippen MR) is 66.0 cm³/mol. The topological polar surface area (TPSA) is 81.8 Å². The molecule has 7 heteroatoms. The lowest BCUT2D eigenvalue weighted by Crippen LogP contribution is -2.10. The van der Waals surface area contributed by atoms with Crippen LogP contribution < -0.4 is 5.73 Å². The first-order valence-electron chi connectivity index (χ1n) is 4.48. The lowest BCUT2D eigenvalue weighted by molar-refractivity contribution is -0.135. The quantitative estimate of drug-likeness (QED) is 0.361. The van der Waals surface area contributed by atoms with E-state index in [2.05, 4.69) is 31.0 Å². The molecule has 92 valence electrons. The Hall–Kier alpha value is 0.0500. The minimum absolute atomic E-state index is 0.278. The summed E-state index contributed by atoms with van der Waals surface area (Å²) in [6.45, 7) is 2.45. The molecule has 0 atom stereocenters. The summed E-state index contributed by atoms with van der Waals surface area (Å²) in [6.07, 6.45) is 0. The maximum Gasteiger partial charge on any atom is 0.317 e. The summed E-state index contributed by atoms with van der Waals surface area (Å²) in [5.74, 6) is 0.573. The van der Waals surface area contributed by atoms with E-state index in [1.54, 1.807) is 0 Å². The number of carbonyl (C=O) groups is 1. The van der Waals surface area contributed by atoms with Crippen molar-refractivity contribution in [3.8, 4) is 0 Å². The second-order valence-corrected chi connectivity index (χ2v) is 3.16. The Morgan fingerprint density at radius 1 is 1.07 bits per heavy atom. The van der Waals surface area contributed by atoms with Crippen LogP contribution >= 0.6 is 25.3 Å². The number of hydrogen-bond acceptors (Lipinski definition) is 6. The van der Waals surface area contributed by atoms with E-state index in [0.717, 1.165) is 11.5 Å². The van der Waals surface area contributed by atoms with E-state index in [0.29, 0.717) is 26.4 Å². The van der Waals surface area contributed by atoms with Crippen molar-refractivity contribution < 1.29 is 19.4 Å². The largest absolute Gasteiger partial charge is 0.480 e. The monoisotopic (exact) mass is 257 g/mol. The number of rotatable bonds is 8. The third-order valence-corrected chi connectivity index (χ3v) is 1.38. The minimum atomic E-state index is -0.968. The molecule has 0 radical (unpaired) electrons. The SMILES string of the molecule is NCC(=O)O.SCCOCCOCCS. The lowest BCUT2D eigenvalue weighted by Gasteiger charge is -2.01. The van der Waals surface area contributed by atoms with E-state index >= 15 is 0 Å². The molecule has 15 heavy (non-hydrogen) atoms. The van der Waals surface area contributed by atoms with E-state index < -0.39 is 5.97 Å². The minimum Gasteiger partial charge on any atom is -0.480 e. The van der Waals surface area contributed by atoms with Crippen molar-refractivity contribution in [3.63, 3.8) is 0 Å². The van der Waals surface area contributed by atoms with Gasteiger partial charge >= 0.3 is 5.97 Å². The average Bonchev–Trinajstić information content (AvgIpc) is 2.24.